The van der Waals surface area contributed by atoms with Crippen LogP contribution in [-0.4, -0.2) is 30.5 Å². The number of alkyl halides is 2. The summed E-state index contributed by atoms with van der Waals surface area (Å²) in [4.78, 5) is 32.3. The number of hydrogen-bond acceptors (Lipinski definition) is 4. The van der Waals surface area contributed by atoms with E-state index in [1.807, 2.05) is 0 Å². The first-order chi connectivity index (χ1) is 12.4. The molecule has 0 spiro atoms. The lowest BCUT2D eigenvalue weighted by molar-refractivity contribution is -0.116. The minimum atomic E-state index is -2.52. The lowest BCUT2D eigenvalue weighted by Gasteiger charge is -2.35. The van der Waals surface area contributed by atoms with Gasteiger partial charge in [-0.1, -0.05) is 0 Å². The molecule has 0 saturated heterocycles. The lowest BCUT2D eigenvalue weighted by Crippen LogP contribution is -2.36. The van der Waals surface area contributed by atoms with Crippen molar-refractivity contribution in [1.82, 2.24) is 24.6 Å². The number of aromatic amines is 2. The fraction of sp³-hybridized carbons (Fsp3) is 0.412. The van der Waals surface area contributed by atoms with Crippen molar-refractivity contribution in [3.63, 3.8) is 0 Å². The highest BCUT2D eigenvalue weighted by atomic mass is 19.3. The van der Waals surface area contributed by atoms with E-state index in [-0.39, 0.29) is 36.2 Å². The van der Waals surface area contributed by atoms with Gasteiger partial charge in [0, 0.05) is 37.0 Å². The van der Waals surface area contributed by atoms with Crippen LogP contribution in [0.5, 0.6) is 0 Å². The molecule has 0 bridgehead atoms. The fourth-order valence-corrected chi connectivity index (χ4v) is 4.05. The van der Waals surface area contributed by atoms with Gasteiger partial charge >= 0.3 is 5.69 Å². The van der Waals surface area contributed by atoms with Crippen LogP contribution in [-0.2, 0) is 0 Å². The number of aromatic nitrogens is 5. The van der Waals surface area contributed by atoms with Crippen LogP contribution >= 0.6 is 0 Å². The summed E-state index contributed by atoms with van der Waals surface area (Å²) in [5, 5.41) is 4.39. The Hall–Kier alpha value is -2.84. The Bertz CT molecular complexity index is 1120. The van der Waals surface area contributed by atoms with Gasteiger partial charge in [-0.3, -0.25) is 9.78 Å². The van der Waals surface area contributed by atoms with Crippen molar-refractivity contribution in [3.8, 4) is 11.3 Å². The van der Waals surface area contributed by atoms with Crippen LogP contribution in [0, 0.1) is 11.8 Å². The van der Waals surface area contributed by atoms with Crippen LogP contribution < -0.4 is 11.2 Å². The highest BCUT2D eigenvalue weighted by molar-refractivity contribution is 5.63. The minimum Gasteiger partial charge on any atom is -0.313 e. The largest absolute Gasteiger partial charge is 0.325 e. The molecule has 2 fully saturated rings. The van der Waals surface area contributed by atoms with Gasteiger partial charge in [-0.2, -0.15) is 5.10 Å². The van der Waals surface area contributed by atoms with E-state index in [9.17, 15) is 18.4 Å². The zero-order valence-corrected chi connectivity index (χ0v) is 13.6. The van der Waals surface area contributed by atoms with Crippen molar-refractivity contribution >= 4 is 5.65 Å². The third-order valence-electron chi connectivity index (χ3n) is 5.45. The van der Waals surface area contributed by atoms with Gasteiger partial charge in [-0.15, -0.1) is 0 Å². The van der Waals surface area contributed by atoms with Gasteiger partial charge < -0.3 is 4.98 Å². The number of nitrogens with one attached hydrogen (secondary N) is 2. The molecule has 7 nitrogen and oxygen atoms in total. The molecular weight excluding hydrogens is 344 g/mol. The number of H-pyrrole nitrogens is 2. The lowest BCUT2D eigenvalue weighted by atomic mass is 9.77. The third-order valence-corrected chi connectivity index (χ3v) is 5.45. The van der Waals surface area contributed by atoms with Gasteiger partial charge in [0.1, 0.15) is 0 Å². The van der Waals surface area contributed by atoms with Crippen LogP contribution in [0.3, 0.4) is 0 Å². The molecule has 0 aliphatic heterocycles. The Morgan fingerprint density at radius 2 is 2.08 bits per heavy atom. The van der Waals surface area contributed by atoms with Crippen LogP contribution in [0.2, 0.25) is 0 Å². The molecule has 134 valence electrons. The van der Waals surface area contributed by atoms with Crippen molar-refractivity contribution in [3.05, 3.63) is 51.1 Å². The number of fused-ring (bicyclic) bond motifs is 1. The van der Waals surface area contributed by atoms with E-state index in [0.717, 1.165) is 12.0 Å². The molecule has 3 aromatic heterocycles. The van der Waals surface area contributed by atoms with Crippen LogP contribution in [0.25, 0.3) is 16.9 Å². The maximum absolute atomic E-state index is 13.2. The first kappa shape index (κ1) is 15.4. The van der Waals surface area contributed by atoms with Gasteiger partial charge in [0.25, 0.3) is 5.56 Å². The SMILES string of the molecule is O=c1[nH]cc(-c2cc([C@@H]3C[C@H]3C3CC(F)(F)C3)c3nccn3n2)c(=O)[nH]1. The molecule has 2 aliphatic rings. The van der Waals surface area contributed by atoms with Crippen LogP contribution in [0.4, 0.5) is 8.78 Å². The van der Waals surface area contributed by atoms with E-state index >= 15 is 0 Å². The number of nitrogens with zero attached hydrogens (tertiary/aromatic N) is 3. The maximum atomic E-state index is 13.2. The van der Waals surface area contributed by atoms with Crippen LogP contribution in [0.1, 0.15) is 30.7 Å². The van der Waals surface area contributed by atoms with Gasteiger partial charge in [0.2, 0.25) is 5.92 Å². The summed E-state index contributed by atoms with van der Waals surface area (Å²) in [7, 11) is 0. The molecule has 5 rings (SSSR count). The molecule has 3 aromatic rings. The normalized spacial score (nSPS) is 24.5. The first-order valence-electron chi connectivity index (χ1n) is 8.46. The number of halogens is 2. The highest BCUT2D eigenvalue weighted by Crippen LogP contribution is 2.61. The molecule has 2 atom stereocenters. The molecule has 0 amide bonds. The monoisotopic (exact) mass is 359 g/mol. The van der Waals surface area contributed by atoms with Crippen molar-refractivity contribution in [2.75, 3.05) is 0 Å². The number of hydrogen-bond donors (Lipinski definition) is 2. The van der Waals surface area contributed by atoms with E-state index < -0.39 is 17.2 Å². The maximum Gasteiger partial charge on any atom is 0.325 e. The molecule has 2 N–H and O–H groups in total. The van der Waals surface area contributed by atoms with Crippen molar-refractivity contribution in [2.24, 2.45) is 11.8 Å². The average molecular weight is 359 g/mol. The Kier molecular flexibility index (Phi) is 3.02. The standard InChI is InChI=1S/C17H15F2N5O2/c18-17(19)5-8(6-17)9-3-10(9)11-4-13(23-24-2-1-20-14(11)24)12-7-21-16(26)22-15(12)25/h1-2,4,7-10H,3,5-6H2,(H2,21,22,25,26)/t9-,10+/m0/s1. The summed E-state index contributed by atoms with van der Waals surface area (Å²) in [5.41, 5.74) is 1.12. The zero-order chi connectivity index (χ0) is 18.1. The molecule has 26 heavy (non-hydrogen) atoms. The van der Waals surface area contributed by atoms with E-state index in [1.165, 1.54) is 6.20 Å². The molecule has 3 heterocycles. The summed E-state index contributed by atoms with van der Waals surface area (Å²) in [5.74, 6) is -2.12. The summed E-state index contributed by atoms with van der Waals surface area (Å²) < 4.78 is 27.9. The summed E-state index contributed by atoms with van der Waals surface area (Å²) in [6, 6.07) is 1.78. The molecule has 0 unspecified atom stereocenters. The Balaban J connectivity index is 1.55. The Morgan fingerprint density at radius 1 is 1.27 bits per heavy atom. The summed E-state index contributed by atoms with van der Waals surface area (Å²) in [6.07, 6.45) is 5.37. The second-order valence-electron chi connectivity index (χ2n) is 7.20. The third kappa shape index (κ3) is 2.38. The fourth-order valence-electron chi connectivity index (χ4n) is 4.05. The molecule has 0 aromatic carbocycles. The van der Waals surface area contributed by atoms with Gasteiger partial charge in [-0.25, -0.2) is 23.1 Å². The second-order valence-corrected chi connectivity index (χ2v) is 7.20. The number of imidazole rings is 1. The summed E-state index contributed by atoms with van der Waals surface area (Å²) in [6.45, 7) is 0. The predicted molar refractivity (Wildman–Crippen MR) is 88.2 cm³/mol. The summed E-state index contributed by atoms with van der Waals surface area (Å²) >= 11 is 0. The van der Waals surface area contributed by atoms with Gasteiger partial charge in [-0.05, 0) is 30.2 Å². The molecular formula is C17H15F2N5O2. The van der Waals surface area contributed by atoms with E-state index in [4.69, 9.17) is 0 Å². The van der Waals surface area contributed by atoms with Crippen molar-refractivity contribution < 1.29 is 8.78 Å². The zero-order valence-electron chi connectivity index (χ0n) is 13.6. The van der Waals surface area contributed by atoms with Gasteiger partial charge in [0.05, 0.1) is 11.3 Å². The van der Waals surface area contributed by atoms with Crippen molar-refractivity contribution in [1.29, 1.82) is 0 Å². The molecule has 2 aliphatic carbocycles. The van der Waals surface area contributed by atoms with E-state index in [1.54, 1.807) is 23.0 Å². The molecule has 2 saturated carbocycles. The number of rotatable bonds is 3. The predicted octanol–water partition coefficient (Wildman–Crippen LogP) is 1.92. The molecule has 0 radical (unpaired) electrons. The smallest absolute Gasteiger partial charge is 0.313 e. The first-order valence-corrected chi connectivity index (χ1v) is 8.46. The van der Waals surface area contributed by atoms with E-state index in [0.29, 0.717) is 11.3 Å². The van der Waals surface area contributed by atoms with Crippen LogP contribution in [0.15, 0.2) is 34.2 Å². The van der Waals surface area contributed by atoms with Gasteiger partial charge in [0.15, 0.2) is 5.65 Å². The Labute approximate surface area is 145 Å². The average Bonchev–Trinajstić information content (AvgIpc) is 3.20. The quantitative estimate of drug-likeness (QED) is 0.747. The topological polar surface area (TPSA) is 95.9 Å². The Morgan fingerprint density at radius 3 is 2.81 bits per heavy atom. The van der Waals surface area contributed by atoms with E-state index in [2.05, 4.69) is 20.1 Å². The molecule has 9 heteroatoms. The minimum absolute atomic E-state index is 0.0399. The second kappa shape index (κ2) is 5.09. The highest BCUT2D eigenvalue weighted by Gasteiger charge is 2.56. The van der Waals surface area contributed by atoms with Crippen molar-refractivity contribution in [2.45, 2.75) is 31.1 Å².